The molecule has 2 aromatic rings. The van der Waals surface area contributed by atoms with Crippen molar-refractivity contribution >= 4 is 15.9 Å². The lowest BCUT2D eigenvalue weighted by atomic mass is 9.86. The molecule has 2 aromatic carbocycles. The van der Waals surface area contributed by atoms with Crippen LogP contribution in [0.4, 0.5) is 0 Å². The molecule has 0 heterocycles. The molecule has 0 saturated heterocycles. The molecule has 0 N–H and O–H groups in total. The molecule has 0 aliphatic carbocycles. The number of alkyl halides is 1. The fourth-order valence-corrected chi connectivity index (χ4v) is 2.88. The van der Waals surface area contributed by atoms with Crippen molar-refractivity contribution in [3.05, 3.63) is 70.8 Å². The number of halogens is 1. The predicted octanol–water partition coefficient (Wildman–Crippen LogP) is 6.03. The summed E-state index contributed by atoms with van der Waals surface area (Å²) in [5, 5.41) is 0. The molecule has 0 spiro atoms. The third-order valence-corrected chi connectivity index (χ3v) is 4.81. The Morgan fingerprint density at radius 3 is 1.70 bits per heavy atom. The van der Waals surface area contributed by atoms with Gasteiger partial charge in [-0.2, -0.15) is 0 Å². The van der Waals surface area contributed by atoms with E-state index in [1.165, 1.54) is 22.3 Å². The van der Waals surface area contributed by atoms with E-state index in [1.807, 2.05) is 0 Å². The lowest BCUT2D eigenvalue weighted by molar-refractivity contribution is 0.590. The zero-order valence-electron chi connectivity index (χ0n) is 12.8. The summed E-state index contributed by atoms with van der Waals surface area (Å²) in [6, 6.07) is 17.8. The average Bonchev–Trinajstić information content (AvgIpc) is 2.46. The number of hydrogen-bond donors (Lipinski definition) is 0. The van der Waals surface area contributed by atoms with Gasteiger partial charge in [0.25, 0.3) is 0 Å². The molecule has 0 nitrogen and oxygen atoms in total. The van der Waals surface area contributed by atoms with Crippen molar-refractivity contribution in [2.24, 2.45) is 0 Å². The quantitative estimate of drug-likeness (QED) is 0.602. The van der Waals surface area contributed by atoms with E-state index in [0.717, 1.165) is 6.42 Å². The van der Waals surface area contributed by atoms with Crippen LogP contribution in [0.1, 0.15) is 54.8 Å². The molecular formula is C19H23Br. The van der Waals surface area contributed by atoms with Gasteiger partial charge in [-0.25, -0.2) is 0 Å². The molecule has 2 rings (SSSR count). The molecule has 0 aliphatic rings. The van der Waals surface area contributed by atoms with E-state index in [1.54, 1.807) is 0 Å². The van der Waals surface area contributed by atoms with Crippen LogP contribution < -0.4 is 0 Å². The summed E-state index contributed by atoms with van der Waals surface area (Å²) >= 11 is 3.82. The summed E-state index contributed by atoms with van der Waals surface area (Å²) in [6.45, 7) is 8.93. The summed E-state index contributed by atoms with van der Waals surface area (Å²) in [5.74, 6) is 0. The van der Waals surface area contributed by atoms with Gasteiger partial charge in [-0.3, -0.25) is 0 Å². The van der Waals surface area contributed by atoms with Gasteiger partial charge in [0.2, 0.25) is 0 Å². The molecule has 0 saturated carbocycles. The van der Waals surface area contributed by atoms with E-state index in [0.29, 0.717) is 0 Å². The molecule has 0 aromatic heterocycles. The Kier molecular flexibility index (Phi) is 4.70. The first-order valence-electron chi connectivity index (χ1n) is 7.25. The van der Waals surface area contributed by atoms with Crippen LogP contribution in [0.3, 0.4) is 0 Å². The first-order valence-corrected chi connectivity index (χ1v) is 8.16. The number of benzene rings is 2. The molecular weight excluding hydrogens is 308 g/mol. The molecule has 1 atom stereocenters. The molecule has 0 bridgehead atoms. The maximum absolute atomic E-state index is 3.82. The zero-order valence-corrected chi connectivity index (χ0v) is 14.4. The van der Waals surface area contributed by atoms with Crippen LogP contribution in [0.2, 0.25) is 0 Å². The number of rotatable bonds is 3. The summed E-state index contributed by atoms with van der Waals surface area (Å²) in [4.78, 5) is 0.266. The highest BCUT2D eigenvalue weighted by molar-refractivity contribution is 9.09. The van der Waals surface area contributed by atoms with Gasteiger partial charge >= 0.3 is 0 Å². The van der Waals surface area contributed by atoms with Gasteiger partial charge in [0, 0.05) is 0 Å². The summed E-state index contributed by atoms with van der Waals surface area (Å²) < 4.78 is 0. The van der Waals surface area contributed by atoms with Crippen molar-refractivity contribution in [3.63, 3.8) is 0 Å². The van der Waals surface area contributed by atoms with Crippen LogP contribution in [0.15, 0.2) is 48.5 Å². The van der Waals surface area contributed by atoms with Crippen LogP contribution in [0.5, 0.6) is 0 Å². The maximum Gasteiger partial charge on any atom is 0.0644 e. The van der Waals surface area contributed by atoms with Crippen LogP contribution in [0, 0.1) is 0 Å². The lowest BCUT2D eigenvalue weighted by Crippen LogP contribution is -2.10. The molecule has 106 valence electrons. The molecule has 1 heteroatoms. The monoisotopic (exact) mass is 330 g/mol. The second kappa shape index (κ2) is 6.13. The minimum atomic E-state index is 0.211. The smallest absolute Gasteiger partial charge is 0.0644 e. The minimum Gasteiger partial charge on any atom is -0.0786 e. The van der Waals surface area contributed by atoms with Gasteiger partial charge in [-0.1, -0.05) is 92.2 Å². The van der Waals surface area contributed by atoms with E-state index in [-0.39, 0.29) is 10.2 Å². The zero-order chi connectivity index (χ0) is 14.8. The normalized spacial score (nSPS) is 13.2. The highest BCUT2D eigenvalue weighted by atomic mass is 79.9. The van der Waals surface area contributed by atoms with Crippen molar-refractivity contribution in [1.29, 1.82) is 0 Å². The van der Waals surface area contributed by atoms with E-state index < -0.39 is 0 Å². The number of hydrogen-bond acceptors (Lipinski definition) is 0. The van der Waals surface area contributed by atoms with Crippen molar-refractivity contribution in [2.75, 3.05) is 0 Å². The second-order valence-electron chi connectivity index (χ2n) is 6.33. The fourth-order valence-electron chi connectivity index (χ4n) is 2.27. The Hall–Kier alpha value is -1.08. The van der Waals surface area contributed by atoms with Gasteiger partial charge < -0.3 is 0 Å². The Balaban J connectivity index is 2.22. The van der Waals surface area contributed by atoms with E-state index in [9.17, 15) is 0 Å². The molecule has 0 amide bonds. The summed E-state index contributed by atoms with van der Waals surface area (Å²) in [6.07, 6.45) is 1.09. The first-order chi connectivity index (χ1) is 9.41. The fraction of sp³-hybridized carbons (Fsp3) is 0.368. The first kappa shape index (κ1) is 15.3. The SMILES string of the molecule is CCc1ccc(C(Br)c2ccc(C(C)(C)C)cc2)cc1. The lowest BCUT2D eigenvalue weighted by Gasteiger charge is -2.20. The summed E-state index contributed by atoms with van der Waals surface area (Å²) in [5.41, 5.74) is 5.59. The molecule has 0 fully saturated rings. The molecule has 0 aliphatic heterocycles. The standard InChI is InChI=1S/C19H23Br/c1-5-14-6-8-15(9-7-14)18(20)16-10-12-17(13-11-16)19(2,3)4/h6-13,18H,5H2,1-4H3. The molecule has 0 radical (unpaired) electrons. The Bertz CT molecular complexity index is 544. The van der Waals surface area contributed by atoms with E-state index >= 15 is 0 Å². The second-order valence-corrected chi connectivity index (χ2v) is 7.25. The number of aryl methyl sites for hydroxylation is 1. The highest BCUT2D eigenvalue weighted by Gasteiger charge is 2.15. The van der Waals surface area contributed by atoms with Crippen molar-refractivity contribution in [1.82, 2.24) is 0 Å². The van der Waals surface area contributed by atoms with Crippen LogP contribution in [-0.4, -0.2) is 0 Å². The van der Waals surface area contributed by atoms with Gasteiger partial charge in [0.15, 0.2) is 0 Å². The maximum atomic E-state index is 3.82. The Morgan fingerprint density at radius 2 is 1.30 bits per heavy atom. The Labute approximate surface area is 131 Å². The summed E-state index contributed by atoms with van der Waals surface area (Å²) in [7, 11) is 0. The van der Waals surface area contributed by atoms with Gasteiger partial charge in [0.1, 0.15) is 0 Å². The van der Waals surface area contributed by atoms with Crippen LogP contribution in [-0.2, 0) is 11.8 Å². The predicted molar refractivity (Wildman–Crippen MR) is 91.7 cm³/mol. The highest BCUT2D eigenvalue weighted by Crippen LogP contribution is 2.32. The van der Waals surface area contributed by atoms with Crippen LogP contribution in [0.25, 0.3) is 0 Å². The van der Waals surface area contributed by atoms with Gasteiger partial charge in [0.05, 0.1) is 4.83 Å². The van der Waals surface area contributed by atoms with Gasteiger partial charge in [-0.05, 0) is 34.1 Å². The van der Waals surface area contributed by atoms with Gasteiger partial charge in [-0.15, -0.1) is 0 Å². The Morgan fingerprint density at radius 1 is 0.850 bits per heavy atom. The van der Waals surface area contributed by atoms with Crippen molar-refractivity contribution in [3.8, 4) is 0 Å². The topological polar surface area (TPSA) is 0 Å². The van der Waals surface area contributed by atoms with Crippen LogP contribution >= 0.6 is 15.9 Å². The third-order valence-electron chi connectivity index (χ3n) is 3.75. The van der Waals surface area contributed by atoms with E-state index in [2.05, 4.69) is 92.2 Å². The average molecular weight is 331 g/mol. The van der Waals surface area contributed by atoms with E-state index in [4.69, 9.17) is 0 Å². The third kappa shape index (κ3) is 3.52. The molecule has 1 unspecified atom stereocenters. The largest absolute Gasteiger partial charge is 0.0786 e. The molecule has 20 heavy (non-hydrogen) atoms. The van der Waals surface area contributed by atoms with Crippen molar-refractivity contribution < 1.29 is 0 Å². The minimum absolute atomic E-state index is 0.211. The van der Waals surface area contributed by atoms with Crippen molar-refractivity contribution in [2.45, 2.75) is 44.4 Å².